The Morgan fingerprint density at radius 3 is 2.65 bits per heavy atom. The number of nitrogens with zero attached hydrogens (tertiary/aromatic N) is 4. The zero-order valence-electron chi connectivity index (χ0n) is 16.9. The van der Waals surface area contributed by atoms with Gasteiger partial charge in [0, 0.05) is 5.69 Å². The molecule has 0 bridgehead atoms. The quantitative estimate of drug-likeness (QED) is 0.401. The van der Waals surface area contributed by atoms with Crippen molar-refractivity contribution in [2.45, 2.75) is 24.1 Å². The van der Waals surface area contributed by atoms with Gasteiger partial charge in [-0.2, -0.15) is 10.5 Å². The van der Waals surface area contributed by atoms with E-state index in [9.17, 15) is 20.1 Å². The number of carbonyl (C=O) groups excluding carboxylic acids is 1. The third-order valence-corrected chi connectivity index (χ3v) is 5.49. The number of nitriles is 2. The molecule has 2 heterocycles. The Morgan fingerprint density at radius 1 is 1.35 bits per heavy atom. The number of hydrogen-bond donors (Lipinski definition) is 3. The number of hydrogen-bond acceptors (Lipinski definition) is 8. The molecular formula is C20H18N7O3S+. The fraction of sp³-hybridized carbons (Fsp3) is 0.200. The number of benzene rings is 1. The number of H-pyrrole nitrogens is 1. The smallest absolute Gasteiger partial charge is 0.383 e. The SMILES string of the molecule is Cc1cccc(NC(=O)C(C)Sc2nc(N)c(C#N)c(-c3c(=O)o[nH][n+]3C)c2C#N)c1. The van der Waals surface area contributed by atoms with Gasteiger partial charge in [0.05, 0.1) is 10.8 Å². The number of carbonyl (C=O) groups is 1. The molecular weight excluding hydrogens is 418 g/mol. The Labute approximate surface area is 181 Å². The molecule has 11 heteroatoms. The lowest BCUT2D eigenvalue weighted by Crippen LogP contribution is -2.34. The molecule has 1 atom stereocenters. The summed E-state index contributed by atoms with van der Waals surface area (Å²) in [6, 6.07) is 11.2. The first-order chi connectivity index (χ1) is 14.8. The van der Waals surface area contributed by atoms with Gasteiger partial charge in [0.2, 0.25) is 5.91 Å². The minimum absolute atomic E-state index is 0.00351. The molecule has 4 N–H and O–H groups in total. The molecule has 0 fully saturated rings. The predicted octanol–water partition coefficient (Wildman–Crippen LogP) is 1.61. The topological polar surface area (TPSA) is 165 Å². The molecule has 156 valence electrons. The molecule has 3 rings (SSSR count). The minimum Gasteiger partial charge on any atom is -0.383 e. The van der Waals surface area contributed by atoms with Crippen LogP contribution >= 0.6 is 11.8 Å². The number of aromatic nitrogens is 3. The van der Waals surface area contributed by atoms with Crippen molar-refractivity contribution in [1.29, 1.82) is 10.5 Å². The first-order valence-electron chi connectivity index (χ1n) is 9.02. The fourth-order valence-electron chi connectivity index (χ4n) is 2.92. The molecule has 1 aromatic carbocycles. The van der Waals surface area contributed by atoms with Crippen LogP contribution in [0.4, 0.5) is 11.5 Å². The maximum Gasteiger partial charge on any atom is 0.435 e. The molecule has 31 heavy (non-hydrogen) atoms. The molecule has 0 saturated carbocycles. The Morgan fingerprint density at radius 2 is 2.06 bits per heavy atom. The van der Waals surface area contributed by atoms with E-state index in [1.807, 2.05) is 37.3 Å². The molecule has 0 saturated heterocycles. The summed E-state index contributed by atoms with van der Waals surface area (Å²) in [7, 11) is 1.49. The highest BCUT2D eigenvalue weighted by Gasteiger charge is 2.32. The normalized spacial score (nSPS) is 11.4. The Kier molecular flexibility index (Phi) is 6.09. The van der Waals surface area contributed by atoms with Crippen LogP contribution in [0.25, 0.3) is 11.3 Å². The third-order valence-electron chi connectivity index (χ3n) is 4.40. The molecule has 1 unspecified atom stereocenters. The number of rotatable bonds is 5. The molecule has 0 aliphatic carbocycles. The van der Waals surface area contributed by atoms with Crippen LogP contribution in [0.5, 0.6) is 0 Å². The minimum atomic E-state index is -0.776. The predicted molar refractivity (Wildman–Crippen MR) is 113 cm³/mol. The monoisotopic (exact) mass is 436 g/mol. The number of nitrogens with one attached hydrogen (secondary N) is 2. The summed E-state index contributed by atoms with van der Waals surface area (Å²) in [6.45, 7) is 3.56. The second-order valence-corrected chi connectivity index (χ2v) is 7.99. The van der Waals surface area contributed by atoms with E-state index in [0.717, 1.165) is 17.3 Å². The third kappa shape index (κ3) is 4.27. The molecule has 0 aliphatic rings. The Hall–Kier alpha value is -4.09. The highest BCUT2D eigenvalue weighted by Crippen LogP contribution is 2.35. The van der Waals surface area contributed by atoms with Gasteiger partial charge in [0.1, 0.15) is 34.1 Å². The van der Waals surface area contributed by atoms with Crippen LogP contribution in [-0.4, -0.2) is 21.4 Å². The van der Waals surface area contributed by atoms with Gasteiger partial charge in [0.15, 0.2) is 7.05 Å². The van der Waals surface area contributed by atoms with Crippen LogP contribution in [0.1, 0.15) is 23.6 Å². The summed E-state index contributed by atoms with van der Waals surface area (Å²) in [6.07, 6.45) is 0. The van der Waals surface area contributed by atoms with Gasteiger partial charge in [-0.25, -0.2) is 9.78 Å². The Balaban J connectivity index is 2.02. The van der Waals surface area contributed by atoms with Crippen LogP contribution in [0, 0.1) is 29.6 Å². The summed E-state index contributed by atoms with van der Waals surface area (Å²) < 4.78 is 5.99. The zero-order valence-corrected chi connectivity index (χ0v) is 17.7. The van der Waals surface area contributed by atoms with E-state index in [0.29, 0.717) is 5.69 Å². The van der Waals surface area contributed by atoms with Crippen molar-refractivity contribution in [1.82, 2.24) is 10.3 Å². The van der Waals surface area contributed by atoms with Crippen molar-refractivity contribution in [2.75, 3.05) is 11.1 Å². The number of nitrogens with two attached hydrogens (primary N) is 1. The van der Waals surface area contributed by atoms with Crippen molar-refractivity contribution >= 4 is 29.2 Å². The molecule has 10 nitrogen and oxygen atoms in total. The lowest BCUT2D eigenvalue weighted by molar-refractivity contribution is -0.730. The number of amides is 1. The van der Waals surface area contributed by atoms with Crippen LogP contribution in [0.15, 0.2) is 38.6 Å². The Bertz CT molecular complexity index is 1310. The number of thioether (sulfide) groups is 1. The number of nitrogen functional groups attached to an aromatic ring is 1. The van der Waals surface area contributed by atoms with Crippen molar-refractivity contribution in [3.63, 3.8) is 0 Å². The molecule has 1 amide bonds. The average molecular weight is 436 g/mol. The van der Waals surface area contributed by atoms with Crippen LogP contribution < -0.4 is 21.4 Å². The van der Waals surface area contributed by atoms with Gasteiger partial charge >= 0.3 is 11.3 Å². The van der Waals surface area contributed by atoms with E-state index >= 15 is 0 Å². The van der Waals surface area contributed by atoms with Gasteiger partial charge in [0.25, 0.3) is 0 Å². The van der Waals surface area contributed by atoms with Gasteiger partial charge < -0.3 is 11.1 Å². The van der Waals surface area contributed by atoms with Crippen molar-refractivity contribution in [3.05, 3.63) is 51.4 Å². The largest absolute Gasteiger partial charge is 0.435 e. The summed E-state index contributed by atoms with van der Waals surface area (Å²) in [5.74, 6) is -0.469. The molecule has 0 aliphatic heterocycles. The highest BCUT2D eigenvalue weighted by molar-refractivity contribution is 8.00. The van der Waals surface area contributed by atoms with E-state index in [1.165, 1.54) is 11.7 Å². The molecule has 3 aromatic rings. The summed E-state index contributed by atoms with van der Waals surface area (Å²) in [5.41, 5.74) is 6.58. The molecule has 0 spiro atoms. The first-order valence-corrected chi connectivity index (χ1v) is 9.90. The summed E-state index contributed by atoms with van der Waals surface area (Å²) >= 11 is 0.996. The van der Waals surface area contributed by atoms with E-state index in [1.54, 1.807) is 13.0 Å². The van der Waals surface area contributed by atoms with E-state index < -0.39 is 10.9 Å². The summed E-state index contributed by atoms with van der Waals surface area (Å²) in [4.78, 5) is 29.0. The number of aromatic amines is 1. The first kappa shape index (κ1) is 21.6. The molecule has 0 radical (unpaired) electrons. The second kappa shape index (κ2) is 8.73. The van der Waals surface area contributed by atoms with E-state index in [4.69, 9.17) is 10.3 Å². The summed E-state index contributed by atoms with van der Waals surface area (Å²) in [5, 5.41) is 24.0. The van der Waals surface area contributed by atoms with Gasteiger partial charge in [-0.3, -0.25) is 9.32 Å². The average Bonchev–Trinajstić information content (AvgIpc) is 3.05. The zero-order chi connectivity index (χ0) is 22.7. The maximum atomic E-state index is 12.7. The molecule has 2 aromatic heterocycles. The second-order valence-electron chi connectivity index (χ2n) is 6.66. The lowest BCUT2D eigenvalue weighted by Gasteiger charge is -2.14. The van der Waals surface area contributed by atoms with Crippen LogP contribution in [-0.2, 0) is 11.8 Å². The van der Waals surface area contributed by atoms with Crippen LogP contribution in [0.3, 0.4) is 0 Å². The maximum absolute atomic E-state index is 12.7. The number of anilines is 2. The van der Waals surface area contributed by atoms with Gasteiger partial charge in [-0.05, 0) is 36.8 Å². The van der Waals surface area contributed by atoms with Crippen molar-refractivity contribution in [3.8, 4) is 23.4 Å². The van der Waals surface area contributed by atoms with E-state index in [-0.39, 0.29) is 39.1 Å². The fourth-order valence-corrected chi connectivity index (χ4v) is 3.84. The standard InChI is InChI=1S/C20H17N7O3S/c1-10-5-4-6-12(7-10)24-18(28)11(2)31-19-14(9-22)15(13(8-21)17(23)25-19)16-20(29)30-26-27(16)3/h4-7,11H,1-3H3,(H3-,23,24,25,26,28,29)/p+1. The van der Waals surface area contributed by atoms with Crippen molar-refractivity contribution < 1.29 is 14.0 Å². The highest BCUT2D eigenvalue weighted by atomic mass is 32.2. The van der Waals surface area contributed by atoms with Crippen LogP contribution in [0.2, 0.25) is 0 Å². The van der Waals surface area contributed by atoms with Gasteiger partial charge in [-0.1, -0.05) is 28.6 Å². The van der Waals surface area contributed by atoms with E-state index in [2.05, 4.69) is 15.6 Å². The lowest BCUT2D eigenvalue weighted by atomic mass is 10.0. The van der Waals surface area contributed by atoms with Crippen molar-refractivity contribution in [2.24, 2.45) is 7.05 Å². The number of aryl methyl sites for hydroxylation is 2. The number of pyridine rings is 1. The van der Waals surface area contributed by atoms with Gasteiger partial charge in [-0.15, -0.1) is 0 Å².